The van der Waals surface area contributed by atoms with Crippen LogP contribution in [0.4, 0.5) is 0 Å². The van der Waals surface area contributed by atoms with Gasteiger partial charge in [-0.05, 0) is 25.5 Å². The molecule has 0 aromatic carbocycles. The summed E-state index contributed by atoms with van der Waals surface area (Å²) in [5.41, 5.74) is 2.12. The van der Waals surface area contributed by atoms with E-state index in [1.54, 1.807) is 6.20 Å². The Morgan fingerprint density at radius 3 is 3.23 bits per heavy atom. The molecule has 1 saturated heterocycles. The maximum absolute atomic E-state index is 12.4. The van der Waals surface area contributed by atoms with Gasteiger partial charge in [0.25, 0.3) is 0 Å². The second kappa shape index (κ2) is 6.79. The molecule has 0 radical (unpaired) electrons. The molecule has 0 spiro atoms. The van der Waals surface area contributed by atoms with Gasteiger partial charge in [-0.25, -0.2) is 0 Å². The molecule has 22 heavy (non-hydrogen) atoms. The molecule has 118 valence electrons. The maximum atomic E-state index is 12.4. The second-order valence-electron chi connectivity index (χ2n) is 5.55. The molecule has 3 rings (SSSR count). The van der Waals surface area contributed by atoms with Crippen molar-refractivity contribution in [2.45, 2.75) is 32.4 Å². The van der Waals surface area contributed by atoms with Crippen molar-refractivity contribution in [2.24, 2.45) is 5.92 Å². The summed E-state index contributed by atoms with van der Waals surface area (Å²) in [7, 11) is 0. The van der Waals surface area contributed by atoms with Gasteiger partial charge in [-0.15, -0.1) is 0 Å². The number of ether oxygens (including phenoxy) is 1. The van der Waals surface area contributed by atoms with Crippen LogP contribution in [0.25, 0.3) is 0 Å². The Hall–Kier alpha value is -2.08. The summed E-state index contributed by atoms with van der Waals surface area (Å²) < 4.78 is 7.62. The van der Waals surface area contributed by atoms with E-state index in [0.29, 0.717) is 13.2 Å². The zero-order valence-electron chi connectivity index (χ0n) is 12.8. The Morgan fingerprint density at radius 2 is 2.50 bits per heavy atom. The van der Waals surface area contributed by atoms with E-state index in [-0.39, 0.29) is 17.9 Å². The minimum atomic E-state index is -0.175. The van der Waals surface area contributed by atoms with Gasteiger partial charge in [0.1, 0.15) is 0 Å². The molecule has 2 aromatic heterocycles. The van der Waals surface area contributed by atoms with Crippen LogP contribution in [0.5, 0.6) is 0 Å². The molecular formula is C16H22N4O2. The van der Waals surface area contributed by atoms with Gasteiger partial charge in [0.15, 0.2) is 0 Å². The van der Waals surface area contributed by atoms with Crippen molar-refractivity contribution in [3.8, 4) is 0 Å². The summed E-state index contributed by atoms with van der Waals surface area (Å²) in [6, 6.07) is 3.98. The van der Waals surface area contributed by atoms with E-state index in [9.17, 15) is 4.79 Å². The predicted octanol–water partition coefficient (Wildman–Crippen LogP) is 1.67. The van der Waals surface area contributed by atoms with Gasteiger partial charge >= 0.3 is 0 Å². The lowest BCUT2D eigenvalue weighted by Crippen LogP contribution is -2.33. The van der Waals surface area contributed by atoms with Crippen LogP contribution in [0.1, 0.15) is 30.7 Å². The number of aromatic amines is 1. The lowest BCUT2D eigenvalue weighted by atomic mass is 9.96. The van der Waals surface area contributed by atoms with Crippen LogP contribution < -0.4 is 5.32 Å². The van der Waals surface area contributed by atoms with Crippen molar-refractivity contribution >= 4 is 5.91 Å². The monoisotopic (exact) mass is 302 g/mol. The quantitative estimate of drug-likeness (QED) is 0.852. The summed E-state index contributed by atoms with van der Waals surface area (Å²) >= 11 is 0. The molecule has 6 nitrogen and oxygen atoms in total. The Labute approximate surface area is 129 Å². The summed E-state index contributed by atoms with van der Waals surface area (Å²) in [5.74, 6) is -0.0588. The fourth-order valence-electron chi connectivity index (χ4n) is 2.86. The van der Waals surface area contributed by atoms with Crippen molar-refractivity contribution < 1.29 is 9.53 Å². The topological polar surface area (TPSA) is 71.9 Å². The number of rotatable bonds is 6. The minimum Gasteiger partial charge on any atom is -0.373 e. The zero-order chi connectivity index (χ0) is 15.4. The van der Waals surface area contributed by atoms with Gasteiger partial charge in [0.05, 0.1) is 18.2 Å². The Morgan fingerprint density at radius 1 is 1.59 bits per heavy atom. The largest absolute Gasteiger partial charge is 0.373 e. The van der Waals surface area contributed by atoms with Crippen LogP contribution >= 0.6 is 0 Å². The number of nitrogens with one attached hydrogen (secondary N) is 2. The Bertz CT molecular complexity index is 605. The van der Waals surface area contributed by atoms with E-state index in [0.717, 1.165) is 30.6 Å². The number of amides is 1. The van der Waals surface area contributed by atoms with Crippen LogP contribution in [0.15, 0.2) is 30.7 Å². The summed E-state index contributed by atoms with van der Waals surface area (Å²) in [6.45, 7) is 4.12. The molecule has 0 unspecified atom stereocenters. The Kier molecular flexibility index (Phi) is 4.58. The number of carbonyl (C=O) groups excluding carboxylic acids is 1. The van der Waals surface area contributed by atoms with Crippen molar-refractivity contribution in [3.63, 3.8) is 0 Å². The fourth-order valence-corrected chi connectivity index (χ4v) is 2.86. The Balaban J connectivity index is 1.56. The third-order valence-corrected chi connectivity index (χ3v) is 4.09. The molecule has 2 atom stereocenters. The summed E-state index contributed by atoms with van der Waals surface area (Å²) in [6.07, 6.45) is 7.06. The second-order valence-corrected chi connectivity index (χ2v) is 5.55. The molecular weight excluding hydrogens is 280 g/mol. The van der Waals surface area contributed by atoms with E-state index in [1.165, 1.54) is 0 Å². The molecule has 2 aromatic rings. The first-order valence-corrected chi connectivity index (χ1v) is 7.82. The lowest BCUT2D eigenvalue weighted by molar-refractivity contribution is -0.126. The smallest absolute Gasteiger partial charge is 0.226 e. The normalized spacial score (nSPS) is 21.1. The molecule has 1 aliphatic heterocycles. The van der Waals surface area contributed by atoms with Crippen molar-refractivity contribution in [1.29, 1.82) is 0 Å². The van der Waals surface area contributed by atoms with Gasteiger partial charge in [0.2, 0.25) is 5.91 Å². The van der Waals surface area contributed by atoms with Crippen LogP contribution in [0.3, 0.4) is 0 Å². The molecule has 1 fully saturated rings. The molecule has 1 aliphatic rings. The van der Waals surface area contributed by atoms with E-state index in [4.69, 9.17) is 4.74 Å². The standard InChI is InChI=1S/C16H22N4O2/c1-2-20-11-12(10-19-20)15-14(6-9-22-15)16(21)18-8-5-13-4-3-7-17-13/h3-4,7,10-11,14-15,17H,2,5-6,8-9H2,1H3,(H,18,21)/t14-,15+/m0/s1. The number of hydrogen-bond acceptors (Lipinski definition) is 3. The van der Waals surface area contributed by atoms with E-state index in [1.807, 2.05) is 36.1 Å². The third kappa shape index (κ3) is 3.22. The molecule has 6 heteroatoms. The van der Waals surface area contributed by atoms with Gasteiger partial charge in [-0.1, -0.05) is 0 Å². The van der Waals surface area contributed by atoms with E-state index in [2.05, 4.69) is 15.4 Å². The highest BCUT2D eigenvalue weighted by atomic mass is 16.5. The van der Waals surface area contributed by atoms with Gasteiger partial charge < -0.3 is 15.0 Å². The molecule has 0 saturated carbocycles. The number of nitrogens with zero attached hydrogens (tertiary/aromatic N) is 2. The first-order valence-electron chi connectivity index (χ1n) is 7.82. The van der Waals surface area contributed by atoms with Crippen LogP contribution in [0.2, 0.25) is 0 Å². The SMILES string of the molecule is CCn1cc([C@H]2OCC[C@@H]2C(=O)NCCc2ccc[nH]2)cn1. The van der Waals surface area contributed by atoms with E-state index < -0.39 is 0 Å². The van der Waals surface area contributed by atoms with Crippen LogP contribution in [-0.2, 0) is 22.5 Å². The summed E-state index contributed by atoms with van der Waals surface area (Å²) in [5, 5.41) is 7.29. The third-order valence-electron chi connectivity index (χ3n) is 4.09. The fraction of sp³-hybridized carbons (Fsp3) is 0.500. The first-order chi connectivity index (χ1) is 10.8. The first kappa shape index (κ1) is 14.8. The molecule has 0 bridgehead atoms. The van der Waals surface area contributed by atoms with Crippen molar-refractivity contribution in [1.82, 2.24) is 20.1 Å². The number of carbonyl (C=O) groups is 1. The van der Waals surface area contributed by atoms with E-state index >= 15 is 0 Å². The average molecular weight is 302 g/mol. The van der Waals surface area contributed by atoms with Gasteiger partial charge in [0, 0.05) is 49.8 Å². The van der Waals surface area contributed by atoms with Crippen LogP contribution in [0, 0.1) is 5.92 Å². The highest BCUT2D eigenvalue weighted by Crippen LogP contribution is 2.34. The number of aryl methyl sites for hydroxylation is 1. The molecule has 2 N–H and O–H groups in total. The zero-order valence-corrected chi connectivity index (χ0v) is 12.8. The highest BCUT2D eigenvalue weighted by Gasteiger charge is 2.35. The molecule has 1 amide bonds. The summed E-state index contributed by atoms with van der Waals surface area (Å²) in [4.78, 5) is 15.5. The van der Waals surface area contributed by atoms with Crippen molar-refractivity contribution in [2.75, 3.05) is 13.2 Å². The van der Waals surface area contributed by atoms with Crippen molar-refractivity contribution in [3.05, 3.63) is 42.0 Å². The lowest BCUT2D eigenvalue weighted by Gasteiger charge is -2.16. The number of H-pyrrole nitrogens is 1. The average Bonchev–Trinajstić information content (AvgIpc) is 3.27. The van der Waals surface area contributed by atoms with Gasteiger partial charge in [-0.2, -0.15) is 5.10 Å². The van der Waals surface area contributed by atoms with Gasteiger partial charge in [-0.3, -0.25) is 9.48 Å². The highest BCUT2D eigenvalue weighted by molar-refractivity contribution is 5.79. The number of hydrogen-bond donors (Lipinski definition) is 2. The number of aromatic nitrogens is 3. The van der Waals surface area contributed by atoms with Crippen LogP contribution in [-0.4, -0.2) is 33.8 Å². The molecule has 0 aliphatic carbocycles. The molecule has 3 heterocycles. The predicted molar refractivity (Wildman–Crippen MR) is 82.2 cm³/mol. The minimum absolute atomic E-state index is 0.0679. The maximum Gasteiger partial charge on any atom is 0.226 e.